The van der Waals surface area contributed by atoms with E-state index in [1.807, 2.05) is 6.07 Å². The van der Waals surface area contributed by atoms with Gasteiger partial charge in [0.2, 0.25) is 0 Å². The van der Waals surface area contributed by atoms with Crippen LogP contribution in [0.15, 0.2) is 18.2 Å². The second kappa shape index (κ2) is 9.05. The number of unbranched alkanes of at least 4 members (excludes halogenated alkanes) is 3. The Bertz CT molecular complexity index is 513. The van der Waals surface area contributed by atoms with Gasteiger partial charge < -0.3 is 10.2 Å². The molecule has 136 valence electrons. The minimum Gasteiger partial charge on any atom is -0.508 e. The number of rotatable bonds is 8. The monoisotopic (exact) mass is 348 g/mol. The summed E-state index contributed by atoms with van der Waals surface area (Å²) < 4.78 is 0. The van der Waals surface area contributed by atoms with E-state index in [0.29, 0.717) is 11.7 Å². The Morgan fingerprint density at radius 1 is 1.12 bits per heavy atom. The molecular weight excluding hydrogens is 312 g/mol. The van der Waals surface area contributed by atoms with Gasteiger partial charge in [0.1, 0.15) is 5.75 Å². The lowest BCUT2D eigenvalue weighted by atomic mass is 9.82. The fourth-order valence-corrected chi connectivity index (χ4v) is 6.87. The number of hydrogen-bond donors (Lipinski definition) is 2. The standard InChI is InChI=1S/C21H36O2Si/c1-4-5-6-7-13-24(2,3)16-17-11-12-20(21(23)14-17)18-9-8-10-19(22)15-18/h11-12,14,18-19,22-23H,4-10,13,15-16H2,1-3H3. The van der Waals surface area contributed by atoms with Crippen LogP contribution in [0.3, 0.4) is 0 Å². The summed E-state index contributed by atoms with van der Waals surface area (Å²) in [5.74, 6) is 0.768. The summed E-state index contributed by atoms with van der Waals surface area (Å²) in [5.41, 5.74) is 2.33. The third-order valence-electron chi connectivity index (χ3n) is 5.57. The van der Waals surface area contributed by atoms with Crippen LogP contribution < -0.4 is 0 Å². The van der Waals surface area contributed by atoms with Crippen molar-refractivity contribution < 1.29 is 10.2 Å². The first kappa shape index (κ1) is 19.5. The van der Waals surface area contributed by atoms with Gasteiger partial charge in [-0.15, -0.1) is 0 Å². The number of aromatic hydroxyl groups is 1. The Hall–Kier alpha value is -0.803. The number of phenols is 1. The van der Waals surface area contributed by atoms with Crippen LogP contribution in [0.1, 0.15) is 75.3 Å². The molecule has 0 aromatic heterocycles. The van der Waals surface area contributed by atoms with E-state index in [-0.39, 0.29) is 6.10 Å². The van der Waals surface area contributed by atoms with Gasteiger partial charge in [0, 0.05) is 0 Å². The molecule has 2 rings (SSSR count). The lowest BCUT2D eigenvalue weighted by molar-refractivity contribution is 0.119. The van der Waals surface area contributed by atoms with Crippen molar-refractivity contribution in [3.05, 3.63) is 29.3 Å². The maximum Gasteiger partial charge on any atom is 0.119 e. The molecule has 0 amide bonds. The van der Waals surface area contributed by atoms with E-state index in [1.54, 1.807) is 0 Å². The Kier molecular flexibility index (Phi) is 7.36. The molecule has 2 unspecified atom stereocenters. The predicted molar refractivity (Wildman–Crippen MR) is 105 cm³/mol. The van der Waals surface area contributed by atoms with Crippen LogP contribution in [0.2, 0.25) is 19.1 Å². The first-order valence-corrected chi connectivity index (χ1v) is 13.3. The molecule has 1 aromatic rings. The van der Waals surface area contributed by atoms with Crippen LogP contribution in [-0.2, 0) is 6.04 Å². The van der Waals surface area contributed by atoms with Crippen molar-refractivity contribution in [2.24, 2.45) is 0 Å². The molecule has 2 nitrogen and oxygen atoms in total. The molecular formula is C21H36O2Si. The molecule has 0 saturated heterocycles. The molecule has 0 radical (unpaired) electrons. The van der Waals surface area contributed by atoms with Gasteiger partial charge in [-0.3, -0.25) is 0 Å². The summed E-state index contributed by atoms with van der Waals surface area (Å²) in [6, 6.07) is 8.87. The highest BCUT2D eigenvalue weighted by Gasteiger charge is 2.25. The number of phenolic OH excluding ortho intramolecular Hbond substituents is 1. The zero-order chi connectivity index (χ0) is 17.6. The molecule has 1 aromatic carbocycles. The summed E-state index contributed by atoms with van der Waals surface area (Å²) in [5, 5.41) is 20.4. The van der Waals surface area contributed by atoms with E-state index in [2.05, 4.69) is 32.2 Å². The Morgan fingerprint density at radius 3 is 2.58 bits per heavy atom. The van der Waals surface area contributed by atoms with Crippen molar-refractivity contribution in [1.29, 1.82) is 0 Å². The summed E-state index contributed by atoms with van der Waals surface area (Å²) in [6.45, 7) is 7.21. The van der Waals surface area contributed by atoms with Gasteiger partial charge in [0.05, 0.1) is 14.2 Å². The van der Waals surface area contributed by atoms with E-state index in [9.17, 15) is 10.2 Å². The van der Waals surface area contributed by atoms with Crippen molar-refractivity contribution in [2.45, 2.75) is 95.5 Å². The molecule has 3 heteroatoms. The second-order valence-electron chi connectivity index (χ2n) is 8.56. The Morgan fingerprint density at radius 2 is 1.92 bits per heavy atom. The summed E-state index contributed by atoms with van der Waals surface area (Å²) >= 11 is 0. The summed E-state index contributed by atoms with van der Waals surface area (Å²) in [4.78, 5) is 0. The van der Waals surface area contributed by atoms with E-state index in [1.165, 1.54) is 37.3 Å². The topological polar surface area (TPSA) is 40.5 Å². The van der Waals surface area contributed by atoms with Crippen LogP contribution in [0.4, 0.5) is 0 Å². The van der Waals surface area contributed by atoms with Crippen LogP contribution in [0.25, 0.3) is 0 Å². The van der Waals surface area contributed by atoms with Crippen molar-refractivity contribution in [2.75, 3.05) is 0 Å². The molecule has 0 bridgehead atoms. The number of benzene rings is 1. The third-order valence-corrected chi connectivity index (χ3v) is 8.64. The molecule has 0 heterocycles. The minimum absolute atomic E-state index is 0.197. The van der Waals surface area contributed by atoms with Crippen LogP contribution in [-0.4, -0.2) is 24.4 Å². The quantitative estimate of drug-likeness (QED) is 0.462. The maximum atomic E-state index is 10.5. The highest BCUT2D eigenvalue weighted by molar-refractivity contribution is 6.76. The normalized spacial score (nSPS) is 21.8. The minimum atomic E-state index is -1.24. The highest BCUT2D eigenvalue weighted by atomic mass is 28.3. The molecule has 1 aliphatic carbocycles. The molecule has 2 atom stereocenters. The van der Waals surface area contributed by atoms with E-state index < -0.39 is 8.07 Å². The fourth-order valence-electron chi connectivity index (χ4n) is 4.16. The molecule has 1 saturated carbocycles. The van der Waals surface area contributed by atoms with Gasteiger partial charge in [0.15, 0.2) is 0 Å². The van der Waals surface area contributed by atoms with Gasteiger partial charge in [-0.1, -0.05) is 70.3 Å². The predicted octanol–water partition coefficient (Wildman–Crippen LogP) is 5.78. The first-order chi connectivity index (χ1) is 11.4. The lowest BCUT2D eigenvalue weighted by Crippen LogP contribution is -2.29. The molecule has 24 heavy (non-hydrogen) atoms. The van der Waals surface area contributed by atoms with E-state index in [4.69, 9.17) is 0 Å². The van der Waals surface area contributed by atoms with Crippen LogP contribution in [0, 0.1) is 0 Å². The van der Waals surface area contributed by atoms with E-state index in [0.717, 1.165) is 37.3 Å². The average Bonchev–Trinajstić information content (AvgIpc) is 2.51. The molecule has 2 N–H and O–H groups in total. The number of hydrogen-bond acceptors (Lipinski definition) is 2. The zero-order valence-electron chi connectivity index (χ0n) is 15.9. The van der Waals surface area contributed by atoms with Crippen molar-refractivity contribution in [1.82, 2.24) is 0 Å². The smallest absolute Gasteiger partial charge is 0.119 e. The van der Waals surface area contributed by atoms with Crippen molar-refractivity contribution >= 4 is 8.07 Å². The third kappa shape index (κ3) is 5.93. The number of aliphatic hydroxyl groups is 1. The maximum absolute atomic E-state index is 10.5. The largest absolute Gasteiger partial charge is 0.508 e. The first-order valence-electron chi connectivity index (χ1n) is 9.91. The number of aliphatic hydroxyl groups excluding tert-OH is 1. The van der Waals surface area contributed by atoms with E-state index >= 15 is 0 Å². The molecule has 1 fully saturated rings. The summed E-state index contributed by atoms with van der Waals surface area (Å²) in [6.07, 6.45) is 9.03. The van der Waals surface area contributed by atoms with Crippen molar-refractivity contribution in [3.8, 4) is 5.75 Å². The zero-order valence-corrected chi connectivity index (χ0v) is 16.9. The fraction of sp³-hybridized carbons (Fsp3) is 0.714. The van der Waals surface area contributed by atoms with Gasteiger partial charge in [0.25, 0.3) is 0 Å². The Balaban J connectivity index is 1.96. The SMILES string of the molecule is CCCCCC[Si](C)(C)Cc1ccc(C2CCCC(O)C2)c(O)c1. The lowest BCUT2D eigenvalue weighted by Gasteiger charge is -2.27. The van der Waals surface area contributed by atoms with Crippen LogP contribution in [0.5, 0.6) is 5.75 Å². The van der Waals surface area contributed by atoms with Crippen molar-refractivity contribution in [3.63, 3.8) is 0 Å². The molecule has 0 aliphatic heterocycles. The Labute approximate surface area is 149 Å². The van der Waals surface area contributed by atoms with Crippen LogP contribution >= 0.6 is 0 Å². The van der Waals surface area contributed by atoms with Gasteiger partial charge in [-0.25, -0.2) is 0 Å². The molecule has 0 spiro atoms. The summed E-state index contributed by atoms with van der Waals surface area (Å²) in [7, 11) is -1.24. The highest BCUT2D eigenvalue weighted by Crippen LogP contribution is 2.38. The average molecular weight is 349 g/mol. The van der Waals surface area contributed by atoms with Gasteiger partial charge in [-0.05, 0) is 48.4 Å². The second-order valence-corrected chi connectivity index (χ2v) is 13.7. The van der Waals surface area contributed by atoms with Gasteiger partial charge in [-0.2, -0.15) is 0 Å². The molecule has 1 aliphatic rings. The van der Waals surface area contributed by atoms with Gasteiger partial charge >= 0.3 is 0 Å².